The summed E-state index contributed by atoms with van der Waals surface area (Å²) in [6.07, 6.45) is 16.1. The van der Waals surface area contributed by atoms with E-state index in [1.54, 1.807) is 0 Å². The normalized spacial score (nSPS) is 13.4. The zero-order valence-electron chi connectivity index (χ0n) is 13.5. The Balaban J connectivity index is 0. The van der Waals surface area contributed by atoms with E-state index in [1.165, 1.54) is 11.1 Å². The Bertz CT molecular complexity index is 371. The third-order valence-corrected chi connectivity index (χ3v) is 2.85. The average molecular weight is 258 g/mol. The summed E-state index contributed by atoms with van der Waals surface area (Å²) in [5, 5.41) is 0. The van der Waals surface area contributed by atoms with Gasteiger partial charge in [0, 0.05) is 5.41 Å². The van der Waals surface area contributed by atoms with E-state index in [1.807, 2.05) is 51.2 Å². The number of allylic oxidation sites excluding steroid dienone is 10. The van der Waals surface area contributed by atoms with E-state index in [9.17, 15) is 0 Å². The molecule has 0 amide bonds. The minimum Gasteiger partial charge on any atom is -0.0991 e. The Morgan fingerprint density at radius 2 is 1.53 bits per heavy atom. The summed E-state index contributed by atoms with van der Waals surface area (Å²) in [6, 6.07) is 0. The molecule has 0 saturated heterocycles. The lowest BCUT2D eigenvalue weighted by Gasteiger charge is -2.28. The van der Waals surface area contributed by atoms with Crippen LogP contribution in [0, 0.1) is 5.41 Å². The molecule has 0 heterocycles. The highest BCUT2D eigenvalue weighted by molar-refractivity contribution is 5.41. The van der Waals surface area contributed by atoms with E-state index in [0.29, 0.717) is 0 Å². The van der Waals surface area contributed by atoms with Crippen molar-refractivity contribution in [2.45, 2.75) is 41.5 Å². The highest BCUT2D eigenvalue weighted by Crippen LogP contribution is 2.36. The second-order valence-corrected chi connectivity index (χ2v) is 4.32. The van der Waals surface area contributed by atoms with Crippen molar-refractivity contribution >= 4 is 0 Å². The first-order valence-corrected chi connectivity index (χ1v) is 6.96. The van der Waals surface area contributed by atoms with Crippen molar-refractivity contribution in [2.75, 3.05) is 0 Å². The summed E-state index contributed by atoms with van der Waals surface area (Å²) in [5.41, 5.74) is 2.39. The Labute approximate surface area is 120 Å². The van der Waals surface area contributed by atoms with Crippen LogP contribution in [0.15, 0.2) is 72.9 Å². The van der Waals surface area contributed by atoms with Crippen molar-refractivity contribution in [3.05, 3.63) is 72.9 Å². The van der Waals surface area contributed by atoms with Gasteiger partial charge in [0.1, 0.15) is 0 Å². The van der Waals surface area contributed by atoms with E-state index in [4.69, 9.17) is 0 Å². The Morgan fingerprint density at radius 3 is 1.89 bits per heavy atom. The van der Waals surface area contributed by atoms with Crippen LogP contribution >= 0.6 is 0 Å². The fraction of sp³-hybridized carbons (Fsp3) is 0.368. The Morgan fingerprint density at radius 1 is 0.947 bits per heavy atom. The lowest BCUT2D eigenvalue weighted by atomic mass is 9.76. The van der Waals surface area contributed by atoms with Gasteiger partial charge < -0.3 is 0 Å². The second kappa shape index (κ2) is 11.5. The van der Waals surface area contributed by atoms with Gasteiger partial charge >= 0.3 is 0 Å². The van der Waals surface area contributed by atoms with Crippen LogP contribution < -0.4 is 0 Å². The molecule has 0 saturated carbocycles. The van der Waals surface area contributed by atoms with Crippen LogP contribution in [0.1, 0.15) is 41.5 Å². The highest BCUT2D eigenvalue weighted by atomic mass is 14.3. The summed E-state index contributed by atoms with van der Waals surface area (Å²) in [4.78, 5) is 0. The SMILES string of the molecule is C=C/C=C(\C=C)C(C)(C)C(/C=C\C=C/C)=C/C.CC. The molecule has 19 heavy (non-hydrogen) atoms. The van der Waals surface area contributed by atoms with Crippen LogP contribution in [0.25, 0.3) is 0 Å². The Kier molecular flexibility index (Phi) is 12.0. The molecule has 0 atom stereocenters. The van der Waals surface area contributed by atoms with Crippen LogP contribution in [0.4, 0.5) is 0 Å². The first-order chi connectivity index (χ1) is 9.04. The molecule has 0 radical (unpaired) electrons. The maximum Gasteiger partial charge on any atom is 0.0143 e. The molecule has 0 fully saturated rings. The third kappa shape index (κ3) is 6.81. The summed E-state index contributed by atoms with van der Waals surface area (Å²) in [6.45, 7) is 20.1. The molecule has 0 rings (SSSR count). The van der Waals surface area contributed by atoms with Gasteiger partial charge in [-0.15, -0.1) is 0 Å². The first kappa shape index (κ1) is 19.8. The summed E-state index contributed by atoms with van der Waals surface area (Å²) >= 11 is 0. The second-order valence-electron chi connectivity index (χ2n) is 4.32. The van der Waals surface area contributed by atoms with Crippen molar-refractivity contribution in [2.24, 2.45) is 5.41 Å². The average Bonchev–Trinajstić information content (AvgIpc) is 2.42. The number of hydrogen-bond acceptors (Lipinski definition) is 0. The van der Waals surface area contributed by atoms with E-state index in [0.717, 1.165) is 0 Å². The van der Waals surface area contributed by atoms with Crippen molar-refractivity contribution < 1.29 is 0 Å². The van der Waals surface area contributed by atoms with Gasteiger partial charge in [-0.3, -0.25) is 0 Å². The van der Waals surface area contributed by atoms with E-state index < -0.39 is 0 Å². The molecule has 0 spiro atoms. The van der Waals surface area contributed by atoms with Crippen molar-refractivity contribution in [1.82, 2.24) is 0 Å². The maximum atomic E-state index is 3.88. The third-order valence-electron chi connectivity index (χ3n) is 2.85. The van der Waals surface area contributed by atoms with Crippen molar-refractivity contribution in [3.8, 4) is 0 Å². The van der Waals surface area contributed by atoms with Gasteiger partial charge in [0.05, 0.1) is 0 Å². The molecule has 0 unspecified atom stereocenters. The molecular formula is C19H30. The summed E-state index contributed by atoms with van der Waals surface area (Å²) < 4.78 is 0. The molecule has 0 nitrogen and oxygen atoms in total. The minimum atomic E-state index is -0.0528. The van der Waals surface area contributed by atoms with E-state index in [-0.39, 0.29) is 5.41 Å². The molecule has 0 aliphatic rings. The molecule has 0 aromatic carbocycles. The van der Waals surface area contributed by atoms with Gasteiger partial charge in [-0.1, -0.05) is 89.5 Å². The van der Waals surface area contributed by atoms with Crippen molar-refractivity contribution in [3.63, 3.8) is 0 Å². The summed E-state index contributed by atoms with van der Waals surface area (Å²) in [5.74, 6) is 0. The standard InChI is InChI=1S/C17H24.C2H6/c1-7-11-12-14-16(10-4)17(5,6)15(9-3)13-8-2;1-2/h7-14H,2-3H2,1,4-6H3;1-2H3/b11-7-,14-12-,15-13+,16-10+;. The van der Waals surface area contributed by atoms with Crippen LogP contribution in [-0.2, 0) is 0 Å². The minimum absolute atomic E-state index is 0.0528. The first-order valence-electron chi connectivity index (χ1n) is 6.96. The predicted octanol–water partition coefficient (Wildman–Crippen LogP) is 6.42. The number of rotatable bonds is 6. The largest absolute Gasteiger partial charge is 0.0991 e. The van der Waals surface area contributed by atoms with E-state index >= 15 is 0 Å². The smallest absolute Gasteiger partial charge is 0.0143 e. The topological polar surface area (TPSA) is 0 Å². The number of hydrogen-bond donors (Lipinski definition) is 0. The molecule has 0 bridgehead atoms. The van der Waals surface area contributed by atoms with Crippen LogP contribution in [0.5, 0.6) is 0 Å². The molecule has 0 N–H and O–H groups in total. The lowest BCUT2D eigenvalue weighted by Crippen LogP contribution is -2.15. The predicted molar refractivity (Wildman–Crippen MR) is 91.3 cm³/mol. The van der Waals surface area contributed by atoms with Crippen LogP contribution in [0.3, 0.4) is 0 Å². The fourth-order valence-corrected chi connectivity index (χ4v) is 1.76. The zero-order chi connectivity index (χ0) is 15.3. The lowest BCUT2D eigenvalue weighted by molar-refractivity contribution is 0.565. The van der Waals surface area contributed by atoms with E-state index in [2.05, 4.69) is 52.2 Å². The molecule has 0 aliphatic carbocycles. The highest BCUT2D eigenvalue weighted by Gasteiger charge is 2.23. The maximum absolute atomic E-state index is 3.88. The van der Waals surface area contributed by atoms with Crippen LogP contribution in [-0.4, -0.2) is 0 Å². The van der Waals surface area contributed by atoms with Gasteiger partial charge in [-0.25, -0.2) is 0 Å². The van der Waals surface area contributed by atoms with Gasteiger partial charge in [0.15, 0.2) is 0 Å². The monoisotopic (exact) mass is 258 g/mol. The zero-order valence-corrected chi connectivity index (χ0v) is 13.5. The molecule has 106 valence electrons. The molecular weight excluding hydrogens is 228 g/mol. The summed E-state index contributed by atoms with van der Waals surface area (Å²) in [7, 11) is 0. The quantitative estimate of drug-likeness (QED) is 0.482. The Hall–Kier alpha value is -1.56. The van der Waals surface area contributed by atoms with Crippen LogP contribution in [0.2, 0.25) is 0 Å². The molecule has 0 aromatic heterocycles. The van der Waals surface area contributed by atoms with Gasteiger partial charge in [-0.2, -0.15) is 0 Å². The van der Waals surface area contributed by atoms with Gasteiger partial charge in [0.25, 0.3) is 0 Å². The van der Waals surface area contributed by atoms with Crippen molar-refractivity contribution in [1.29, 1.82) is 0 Å². The molecule has 0 aliphatic heterocycles. The van der Waals surface area contributed by atoms with Gasteiger partial charge in [-0.05, 0) is 25.0 Å². The molecule has 0 aromatic rings. The van der Waals surface area contributed by atoms with Gasteiger partial charge in [0.2, 0.25) is 0 Å². The fourth-order valence-electron chi connectivity index (χ4n) is 1.76. The molecule has 0 heteroatoms.